The Bertz CT molecular complexity index is 795. The van der Waals surface area contributed by atoms with E-state index in [1.807, 2.05) is 6.07 Å². The normalized spacial score (nSPS) is 14.5. The predicted molar refractivity (Wildman–Crippen MR) is 81.1 cm³/mol. The number of halogens is 1. The van der Waals surface area contributed by atoms with Gasteiger partial charge in [0, 0.05) is 30.7 Å². The first-order valence-corrected chi connectivity index (χ1v) is 7.24. The molecular weight excluding hydrogens is 288 g/mol. The summed E-state index contributed by atoms with van der Waals surface area (Å²) < 4.78 is 0. The number of hydrogen-bond acceptors (Lipinski definition) is 5. The second kappa shape index (κ2) is 4.96. The van der Waals surface area contributed by atoms with Crippen LogP contribution in [-0.4, -0.2) is 31.7 Å². The monoisotopic (exact) mass is 300 g/mol. The second-order valence-electron chi connectivity index (χ2n) is 5.17. The van der Waals surface area contributed by atoms with Crippen LogP contribution in [0.15, 0.2) is 24.7 Å². The molecule has 6 nitrogen and oxygen atoms in total. The van der Waals surface area contributed by atoms with Gasteiger partial charge in [0.2, 0.25) is 0 Å². The van der Waals surface area contributed by atoms with Crippen molar-refractivity contribution in [3.8, 4) is 11.3 Å². The minimum Gasteiger partial charge on any atom is -0.369 e. The molecule has 1 fully saturated rings. The van der Waals surface area contributed by atoms with Crippen molar-refractivity contribution in [3.63, 3.8) is 0 Å². The van der Waals surface area contributed by atoms with Gasteiger partial charge in [0.15, 0.2) is 5.65 Å². The van der Waals surface area contributed by atoms with Crippen molar-refractivity contribution < 1.29 is 0 Å². The summed E-state index contributed by atoms with van der Waals surface area (Å²) in [5, 5.41) is 11.0. The molecule has 0 amide bonds. The number of nitrogens with zero attached hydrogens (tertiary/aromatic N) is 4. The van der Waals surface area contributed by atoms with E-state index < -0.39 is 0 Å². The molecule has 0 bridgehead atoms. The van der Waals surface area contributed by atoms with Crippen LogP contribution in [0.3, 0.4) is 0 Å². The summed E-state index contributed by atoms with van der Waals surface area (Å²) in [4.78, 5) is 12.8. The van der Waals surface area contributed by atoms with Gasteiger partial charge in [0.25, 0.3) is 0 Å². The Morgan fingerprint density at radius 1 is 1.19 bits per heavy atom. The summed E-state index contributed by atoms with van der Waals surface area (Å²) >= 11 is 6.48. The van der Waals surface area contributed by atoms with Crippen molar-refractivity contribution in [1.29, 1.82) is 0 Å². The third-order valence-corrected chi connectivity index (χ3v) is 3.98. The summed E-state index contributed by atoms with van der Waals surface area (Å²) in [5.41, 5.74) is 2.85. The van der Waals surface area contributed by atoms with Crippen LogP contribution in [0.25, 0.3) is 22.4 Å². The number of H-pyrrole nitrogens is 1. The maximum absolute atomic E-state index is 6.48. The first kappa shape index (κ1) is 12.5. The van der Waals surface area contributed by atoms with E-state index >= 15 is 0 Å². The summed E-state index contributed by atoms with van der Waals surface area (Å²) in [5.74, 6) is 1.45. The van der Waals surface area contributed by atoms with Gasteiger partial charge in [-0.1, -0.05) is 11.6 Å². The van der Waals surface area contributed by atoms with Crippen molar-refractivity contribution in [2.45, 2.75) is 12.8 Å². The van der Waals surface area contributed by atoms with Gasteiger partial charge in [-0.15, -0.1) is 0 Å². The third-order valence-electron chi connectivity index (χ3n) is 3.60. The molecule has 1 aliphatic rings. The average molecular weight is 301 g/mol. The third kappa shape index (κ3) is 2.31. The Balaban J connectivity index is 1.75. The molecule has 1 saturated carbocycles. The largest absolute Gasteiger partial charge is 0.369 e. The number of pyridine rings is 1. The fourth-order valence-corrected chi connectivity index (χ4v) is 2.52. The lowest BCUT2D eigenvalue weighted by Crippen LogP contribution is -2.05. The molecule has 3 heterocycles. The van der Waals surface area contributed by atoms with E-state index in [9.17, 15) is 0 Å². The van der Waals surface area contributed by atoms with Crippen LogP contribution in [0.4, 0.5) is 5.82 Å². The molecule has 0 aliphatic heterocycles. The van der Waals surface area contributed by atoms with Gasteiger partial charge in [-0.25, -0.2) is 15.0 Å². The molecule has 0 saturated heterocycles. The van der Waals surface area contributed by atoms with Crippen LogP contribution in [0.2, 0.25) is 5.02 Å². The van der Waals surface area contributed by atoms with Crippen molar-refractivity contribution in [2.24, 2.45) is 5.92 Å². The quantitative estimate of drug-likeness (QED) is 0.774. The number of aromatic amines is 1. The van der Waals surface area contributed by atoms with E-state index in [0.29, 0.717) is 27.7 Å². The fraction of sp³-hybridized carbons (Fsp3) is 0.286. The number of rotatable bonds is 4. The lowest BCUT2D eigenvalue weighted by molar-refractivity contribution is 0.883. The molecule has 0 unspecified atom stereocenters. The Morgan fingerprint density at radius 2 is 2.05 bits per heavy atom. The number of anilines is 1. The van der Waals surface area contributed by atoms with Crippen LogP contribution in [-0.2, 0) is 0 Å². The minimum atomic E-state index is 0.567. The highest BCUT2D eigenvalue weighted by atomic mass is 35.5. The molecule has 3 aromatic heterocycles. The van der Waals surface area contributed by atoms with Crippen LogP contribution in [0.1, 0.15) is 12.8 Å². The summed E-state index contributed by atoms with van der Waals surface area (Å²) in [6.45, 7) is 0.914. The van der Waals surface area contributed by atoms with Crippen molar-refractivity contribution in [1.82, 2.24) is 25.1 Å². The maximum atomic E-state index is 6.48. The van der Waals surface area contributed by atoms with Crippen LogP contribution < -0.4 is 5.32 Å². The zero-order chi connectivity index (χ0) is 14.2. The molecule has 21 heavy (non-hydrogen) atoms. The first-order valence-electron chi connectivity index (χ1n) is 6.87. The van der Waals surface area contributed by atoms with Gasteiger partial charge < -0.3 is 5.32 Å². The predicted octanol–water partition coefficient (Wildman–Crippen LogP) is 2.89. The lowest BCUT2D eigenvalue weighted by atomic mass is 10.1. The van der Waals surface area contributed by atoms with Crippen molar-refractivity contribution >= 4 is 28.6 Å². The van der Waals surface area contributed by atoms with E-state index in [-0.39, 0.29) is 0 Å². The van der Waals surface area contributed by atoms with E-state index in [4.69, 9.17) is 11.6 Å². The molecule has 106 valence electrons. The molecule has 0 radical (unpaired) electrons. The van der Waals surface area contributed by atoms with E-state index in [2.05, 4.69) is 30.5 Å². The zero-order valence-electron chi connectivity index (χ0n) is 11.2. The van der Waals surface area contributed by atoms with Gasteiger partial charge in [0.1, 0.15) is 17.0 Å². The number of aromatic nitrogens is 5. The van der Waals surface area contributed by atoms with E-state index in [1.165, 1.54) is 12.8 Å². The summed E-state index contributed by atoms with van der Waals surface area (Å²) in [6, 6.07) is 1.84. The number of hydrogen-bond donors (Lipinski definition) is 2. The Morgan fingerprint density at radius 3 is 2.90 bits per heavy atom. The molecule has 2 N–H and O–H groups in total. The van der Waals surface area contributed by atoms with Gasteiger partial charge in [-0.2, -0.15) is 5.10 Å². The minimum absolute atomic E-state index is 0.567. The standard InChI is InChI=1S/C14H13ClN6/c15-10-9(3-4-17-13(10)19-7-8-1-2-8)11-12-14(21-20-11)18-6-5-16-12/h3-6,8H,1-2,7H2,(H,17,19)(H,18,20,21). The molecule has 3 aromatic rings. The lowest BCUT2D eigenvalue weighted by Gasteiger charge is -2.09. The fourth-order valence-electron chi connectivity index (χ4n) is 2.26. The molecule has 1 aliphatic carbocycles. The van der Waals surface area contributed by atoms with Gasteiger partial charge in [-0.05, 0) is 24.8 Å². The van der Waals surface area contributed by atoms with Gasteiger partial charge in [-0.3, -0.25) is 5.10 Å². The van der Waals surface area contributed by atoms with E-state index in [1.54, 1.807) is 18.6 Å². The SMILES string of the molecule is Clc1c(-c2n[nH]c3nccnc23)ccnc1NCC1CC1. The van der Waals surface area contributed by atoms with E-state index in [0.717, 1.165) is 18.0 Å². The average Bonchev–Trinajstić information content (AvgIpc) is 3.24. The summed E-state index contributed by atoms with van der Waals surface area (Å²) in [6.07, 6.45) is 7.56. The van der Waals surface area contributed by atoms with Gasteiger partial charge >= 0.3 is 0 Å². The first-order chi connectivity index (χ1) is 10.3. The zero-order valence-corrected chi connectivity index (χ0v) is 11.9. The summed E-state index contributed by atoms with van der Waals surface area (Å²) in [7, 11) is 0. The molecule has 0 spiro atoms. The van der Waals surface area contributed by atoms with Crippen molar-refractivity contribution in [3.05, 3.63) is 29.7 Å². The second-order valence-corrected chi connectivity index (χ2v) is 5.55. The highest BCUT2D eigenvalue weighted by molar-refractivity contribution is 6.35. The Kier molecular flexibility index (Phi) is 2.96. The van der Waals surface area contributed by atoms with Gasteiger partial charge in [0.05, 0.1) is 5.02 Å². The topological polar surface area (TPSA) is 79.4 Å². The Labute approximate surface area is 126 Å². The molecular formula is C14H13ClN6. The highest BCUT2D eigenvalue weighted by Crippen LogP contribution is 2.35. The smallest absolute Gasteiger partial charge is 0.174 e. The van der Waals surface area contributed by atoms with Crippen LogP contribution in [0.5, 0.6) is 0 Å². The number of nitrogens with one attached hydrogen (secondary N) is 2. The van der Waals surface area contributed by atoms with Crippen LogP contribution in [0, 0.1) is 5.92 Å². The van der Waals surface area contributed by atoms with Crippen molar-refractivity contribution in [2.75, 3.05) is 11.9 Å². The maximum Gasteiger partial charge on any atom is 0.174 e. The molecule has 0 aromatic carbocycles. The molecule has 4 rings (SSSR count). The number of fused-ring (bicyclic) bond motifs is 1. The molecule has 7 heteroatoms. The highest BCUT2D eigenvalue weighted by Gasteiger charge is 2.22. The van der Waals surface area contributed by atoms with Crippen LogP contribution >= 0.6 is 11.6 Å². The molecule has 0 atom stereocenters. The Hall–Kier alpha value is -2.21.